The lowest BCUT2D eigenvalue weighted by molar-refractivity contribution is 0.238. The van der Waals surface area contributed by atoms with Crippen LogP contribution in [0.3, 0.4) is 0 Å². The van der Waals surface area contributed by atoms with Crippen LogP contribution in [0.5, 0.6) is 0 Å². The molecule has 0 N–H and O–H groups in total. The summed E-state index contributed by atoms with van der Waals surface area (Å²) in [5.74, 6) is 0. The smallest absolute Gasteiger partial charge is 0.198 e. The molecule has 100 valence electrons. The predicted octanol–water partition coefficient (Wildman–Crippen LogP) is 3.82. The first-order valence-corrected chi connectivity index (χ1v) is 9.02. The Morgan fingerprint density at radius 3 is 2.37 bits per heavy atom. The molecule has 0 aliphatic heterocycles. The summed E-state index contributed by atoms with van der Waals surface area (Å²) < 4.78 is 25.5. The minimum absolute atomic E-state index is 0.154. The normalized spacial score (nSPS) is 22.6. The first-order valence-electron chi connectivity index (χ1n) is 5.95. The number of sulfone groups is 1. The lowest BCUT2D eigenvalue weighted by atomic mass is 9.72. The molecule has 0 unspecified atom stereocenters. The van der Waals surface area contributed by atoms with Crippen LogP contribution in [0, 0.1) is 16.7 Å². The van der Waals surface area contributed by atoms with Crippen molar-refractivity contribution < 1.29 is 8.42 Å². The number of rotatable bonds is 2. The molecule has 0 amide bonds. The van der Waals surface area contributed by atoms with Crippen LogP contribution in [0.1, 0.15) is 25.7 Å². The van der Waals surface area contributed by atoms with Crippen molar-refractivity contribution in [2.45, 2.75) is 35.3 Å². The van der Waals surface area contributed by atoms with Crippen LogP contribution in [-0.4, -0.2) is 13.2 Å². The molecule has 1 spiro atoms. The van der Waals surface area contributed by atoms with Crippen molar-refractivity contribution in [3.63, 3.8) is 0 Å². The first kappa shape index (κ1) is 13.6. The molecular weight excluding hydrogens is 394 g/mol. The molecule has 3 nitrogen and oxygen atoms in total. The van der Waals surface area contributed by atoms with E-state index in [9.17, 15) is 13.7 Å². The van der Waals surface area contributed by atoms with E-state index in [4.69, 9.17) is 0 Å². The van der Waals surface area contributed by atoms with Crippen molar-refractivity contribution in [2.24, 2.45) is 5.41 Å². The third-order valence-electron chi connectivity index (χ3n) is 4.18. The SMILES string of the molecule is N#CC1(S(=O)(=O)c2cc(Br)ccc2Br)CC2(CC2)C1. The molecule has 2 aliphatic rings. The number of nitrogens with zero attached hydrogens (tertiary/aromatic N) is 1. The number of nitriles is 1. The lowest BCUT2D eigenvalue weighted by Crippen LogP contribution is -2.50. The molecular formula is C13H11Br2NO2S. The van der Waals surface area contributed by atoms with Crippen LogP contribution in [0.25, 0.3) is 0 Å². The van der Waals surface area contributed by atoms with Gasteiger partial charge in [0.15, 0.2) is 14.6 Å². The van der Waals surface area contributed by atoms with E-state index in [0.29, 0.717) is 21.8 Å². The Kier molecular flexibility index (Phi) is 2.91. The highest BCUT2D eigenvalue weighted by atomic mass is 79.9. The van der Waals surface area contributed by atoms with Gasteiger partial charge in [-0.25, -0.2) is 8.42 Å². The number of hydrogen-bond donors (Lipinski definition) is 0. The highest BCUT2D eigenvalue weighted by Crippen LogP contribution is 2.67. The van der Waals surface area contributed by atoms with Gasteiger partial charge in [0.1, 0.15) is 0 Å². The van der Waals surface area contributed by atoms with E-state index >= 15 is 0 Å². The molecule has 0 radical (unpaired) electrons. The van der Waals surface area contributed by atoms with E-state index in [1.807, 2.05) is 0 Å². The molecule has 2 fully saturated rings. The van der Waals surface area contributed by atoms with E-state index in [1.54, 1.807) is 18.2 Å². The molecule has 2 saturated carbocycles. The van der Waals surface area contributed by atoms with Crippen LogP contribution in [-0.2, 0) is 9.84 Å². The van der Waals surface area contributed by atoms with E-state index in [0.717, 1.165) is 12.8 Å². The van der Waals surface area contributed by atoms with Gasteiger partial charge in [-0.1, -0.05) is 15.9 Å². The molecule has 0 atom stereocenters. The molecule has 0 heterocycles. The number of benzene rings is 1. The Bertz CT molecular complexity index is 694. The zero-order valence-corrected chi connectivity index (χ0v) is 14.0. The maximum Gasteiger partial charge on any atom is 0.198 e. The summed E-state index contributed by atoms with van der Waals surface area (Å²) in [6.07, 6.45) is 3.09. The van der Waals surface area contributed by atoms with Crippen molar-refractivity contribution >= 4 is 41.7 Å². The fourth-order valence-corrected chi connectivity index (χ4v) is 6.45. The monoisotopic (exact) mass is 403 g/mol. The van der Waals surface area contributed by atoms with Gasteiger partial charge >= 0.3 is 0 Å². The van der Waals surface area contributed by atoms with Gasteiger partial charge in [-0.2, -0.15) is 5.26 Å². The summed E-state index contributed by atoms with van der Waals surface area (Å²) in [7, 11) is -3.64. The van der Waals surface area contributed by atoms with E-state index in [2.05, 4.69) is 37.9 Å². The van der Waals surface area contributed by atoms with Crippen molar-refractivity contribution in [3.8, 4) is 6.07 Å². The minimum atomic E-state index is -3.64. The molecule has 1 aromatic rings. The Balaban J connectivity index is 2.08. The number of hydrogen-bond acceptors (Lipinski definition) is 3. The molecule has 6 heteroatoms. The van der Waals surface area contributed by atoms with Gasteiger partial charge in [0.05, 0.1) is 11.0 Å². The summed E-state index contributed by atoms with van der Waals surface area (Å²) >= 11 is 6.56. The van der Waals surface area contributed by atoms with Crippen LogP contribution in [0.4, 0.5) is 0 Å². The highest BCUT2D eigenvalue weighted by molar-refractivity contribution is 9.11. The first-order chi connectivity index (χ1) is 8.84. The van der Waals surface area contributed by atoms with Gasteiger partial charge in [0.25, 0.3) is 0 Å². The standard InChI is InChI=1S/C13H11Br2NO2S/c14-9-1-2-10(15)11(5-9)19(17,18)13(8-16)6-12(7-13)3-4-12/h1-2,5H,3-4,6-7H2. The lowest BCUT2D eigenvalue weighted by Gasteiger charge is -2.42. The maximum absolute atomic E-state index is 12.8. The van der Waals surface area contributed by atoms with Gasteiger partial charge in [-0.3, -0.25) is 0 Å². The number of halogens is 2. The predicted molar refractivity (Wildman–Crippen MR) is 78.3 cm³/mol. The molecule has 3 rings (SSSR count). The Hall–Kier alpha value is -0.380. The molecule has 1 aromatic carbocycles. The minimum Gasteiger partial charge on any atom is -0.222 e. The molecule has 0 aromatic heterocycles. The Morgan fingerprint density at radius 2 is 1.84 bits per heavy atom. The van der Waals surface area contributed by atoms with Gasteiger partial charge < -0.3 is 0 Å². The second-order valence-corrected chi connectivity index (χ2v) is 9.54. The van der Waals surface area contributed by atoms with E-state index in [-0.39, 0.29) is 10.3 Å². The Morgan fingerprint density at radius 1 is 1.21 bits per heavy atom. The van der Waals surface area contributed by atoms with Crippen molar-refractivity contribution in [2.75, 3.05) is 0 Å². The van der Waals surface area contributed by atoms with Gasteiger partial charge in [-0.15, -0.1) is 0 Å². The highest BCUT2D eigenvalue weighted by Gasteiger charge is 2.67. The van der Waals surface area contributed by atoms with Crippen LogP contribution < -0.4 is 0 Å². The average Bonchev–Trinajstić information content (AvgIpc) is 3.09. The van der Waals surface area contributed by atoms with Crippen molar-refractivity contribution in [3.05, 3.63) is 27.1 Å². The Labute approximate surface area is 129 Å². The van der Waals surface area contributed by atoms with Crippen molar-refractivity contribution in [1.82, 2.24) is 0 Å². The fourth-order valence-electron chi connectivity index (χ4n) is 2.91. The topological polar surface area (TPSA) is 57.9 Å². The summed E-state index contributed by atoms with van der Waals surface area (Å²) in [6.45, 7) is 0. The largest absolute Gasteiger partial charge is 0.222 e. The molecule has 0 saturated heterocycles. The summed E-state index contributed by atoms with van der Waals surface area (Å²) in [6, 6.07) is 7.10. The average molecular weight is 405 g/mol. The van der Waals surface area contributed by atoms with E-state index < -0.39 is 14.6 Å². The van der Waals surface area contributed by atoms with Crippen LogP contribution >= 0.6 is 31.9 Å². The molecule has 2 aliphatic carbocycles. The second kappa shape index (κ2) is 4.06. The maximum atomic E-state index is 12.8. The third kappa shape index (κ3) is 1.90. The van der Waals surface area contributed by atoms with Gasteiger partial charge in [0, 0.05) is 8.95 Å². The zero-order chi connectivity index (χ0) is 13.9. The van der Waals surface area contributed by atoms with Crippen molar-refractivity contribution in [1.29, 1.82) is 5.26 Å². The van der Waals surface area contributed by atoms with E-state index in [1.165, 1.54) is 0 Å². The fraction of sp³-hybridized carbons (Fsp3) is 0.462. The van der Waals surface area contributed by atoms with Crippen LogP contribution in [0.2, 0.25) is 0 Å². The van der Waals surface area contributed by atoms with Crippen LogP contribution in [0.15, 0.2) is 32.0 Å². The van der Waals surface area contributed by atoms with Gasteiger partial charge in [-0.05, 0) is 65.2 Å². The quantitative estimate of drug-likeness (QED) is 0.752. The third-order valence-corrected chi connectivity index (χ3v) is 7.95. The summed E-state index contributed by atoms with van der Waals surface area (Å²) in [5, 5.41) is 9.40. The second-order valence-electron chi connectivity index (χ2n) is 5.54. The summed E-state index contributed by atoms with van der Waals surface area (Å²) in [5.41, 5.74) is 0.154. The van der Waals surface area contributed by atoms with Gasteiger partial charge in [0.2, 0.25) is 0 Å². The zero-order valence-electron chi connectivity index (χ0n) is 9.99. The molecule has 19 heavy (non-hydrogen) atoms. The molecule has 0 bridgehead atoms. The summed E-state index contributed by atoms with van der Waals surface area (Å²) in [4.78, 5) is 0.207.